The van der Waals surface area contributed by atoms with Gasteiger partial charge in [-0.1, -0.05) is 0 Å². The summed E-state index contributed by atoms with van der Waals surface area (Å²) >= 11 is 0. The highest BCUT2D eigenvalue weighted by Gasteiger charge is 2.76. The van der Waals surface area contributed by atoms with E-state index in [2.05, 4.69) is 10.6 Å². The molecule has 1 spiro atoms. The molecule has 0 aromatic carbocycles. The predicted octanol–water partition coefficient (Wildman–Crippen LogP) is 2.02. The van der Waals surface area contributed by atoms with Crippen LogP contribution in [0.5, 0.6) is 0 Å². The van der Waals surface area contributed by atoms with Crippen LogP contribution in [0, 0.1) is 11.8 Å². The van der Waals surface area contributed by atoms with E-state index in [0.29, 0.717) is 6.42 Å². The Morgan fingerprint density at radius 2 is 1.77 bits per heavy atom. The number of rotatable bonds is 5. The van der Waals surface area contributed by atoms with E-state index in [9.17, 15) is 14.2 Å². The topological polar surface area (TPSA) is 93.7 Å². The number of hydrogen-bond donors (Lipinski definition) is 2. The molecule has 0 bridgehead atoms. The molecule has 3 amide bonds. The minimum Gasteiger partial charge on any atom is -0.323 e. The van der Waals surface area contributed by atoms with Crippen LogP contribution in [0.25, 0.3) is 0 Å². The molecular weight excluding hydrogens is 307 g/mol. The van der Waals surface area contributed by atoms with Gasteiger partial charge in [0.15, 0.2) is 0 Å². The lowest BCUT2D eigenvalue weighted by Gasteiger charge is -2.28. The number of carbonyl (C=O) groups is 2. The minimum absolute atomic E-state index is 0.104. The number of imide groups is 1. The quantitative estimate of drug-likeness (QED) is 0.594. The first-order valence-corrected chi connectivity index (χ1v) is 9.41. The molecule has 22 heavy (non-hydrogen) atoms. The van der Waals surface area contributed by atoms with Crippen molar-refractivity contribution >= 4 is 19.5 Å². The molecule has 2 aliphatic carbocycles. The summed E-state index contributed by atoms with van der Waals surface area (Å²) in [6.45, 7) is 7.26. The summed E-state index contributed by atoms with van der Waals surface area (Å²) in [7, 11) is -3.33. The molecule has 2 saturated carbocycles. The van der Waals surface area contributed by atoms with Gasteiger partial charge in [-0.05, 0) is 46.5 Å². The average molecular weight is 330 g/mol. The van der Waals surface area contributed by atoms with Crippen LogP contribution in [0.4, 0.5) is 4.79 Å². The fraction of sp³-hybridized carbons (Fsp3) is 0.857. The largest absolute Gasteiger partial charge is 0.334 e. The number of nitrogens with one attached hydrogen (secondary N) is 2. The van der Waals surface area contributed by atoms with Gasteiger partial charge < -0.3 is 14.4 Å². The fourth-order valence-corrected chi connectivity index (χ4v) is 7.10. The van der Waals surface area contributed by atoms with Crippen molar-refractivity contribution in [1.82, 2.24) is 10.6 Å². The van der Waals surface area contributed by atoms with Crippen LogP contribution in [-0.2, 0) is 18.4 Å². The van der Waals surface area contributed by atoms with E-state index in [4.69, 9.17) is 9.05 Å². The van der Waals surface area contributed by atoms with Gasteiger partial charge in [0, 0.05) is 5.92 Å². The van der Waals surface area contributed by atoms with Crippen molar-refractivity contribution in [3.8, 4) is 0 Å². The van der Waals surface area contributed by atoms with Crippen LogP contribution in [0.15, 0.2) is 0 Å². The van der Waals surface area contributed by atoms with E-state index in [-0.39, 0.29) is 35.6 Å². The van der Waals surface area contributed by atoms with Gasteiger partial charge in [0.1, 0.15) is 5.54 Å². The zero-order chi connectivity index (χ0) is 16.3. The zero-order valence-electron chi connectivity index (χ0n) is 13.3. The summed E-state index contributed by atoms with van der Waals surface area (Å²) in [6.07, 6.45) is 0.873. The van der Waals surface area contributed by atoms with Gasteiger partial charge in [-0.15, -0.1) is 0 Å². The lowest BCUT2D eigenvalue weighted by Crippen LogP contribution is -2.48. The van der Waals surface area contributed by atoms with Crippen LogP contribution in [0.1, 0.15) is 40.5 Å². The summed E-state index contributed by atoms with van der Waals surface area (Å²) in [5.74, 6) is -0.372. The maximum Gasteiger partial charge on any atom is 0.334 e. The summed E-state index contributed by atoms with van der Waals surface area (Å²) in [5, 5.41) is 5.05. The lowest BCUT2D eigenvalue weighted by molar-refractivity contribution is -0.124. The monoisotopic (exact) mass is 330 g/mol. The van der Waals surface area contributed by atoms with Gasteiger partial charge in [0.25, 0.3) is 5.91 Å². The molecule has 2 N–H and O–H groups in total. The molecule has 8 heteroatoms. The van der Waals surface area contributed by atoms with E-state index < -0.39 is 19.2 Å². The highest BCUT2D eigenvalue weighted by molar-refractivity contribution is 7.55. The third-order valence-corrected chi connectivity index (χ3v) is 7.48. The zero-order valence-corrected chi connectivity index (χ0v) is 14.2. The maximum atomic E-state index is 13.2. The van der Waals surface area contributed by atoms with Gasteiger partial charge in [0.05, 0.1) is 17.9 Å². The van der Waals surface area contributed by atoms with Crippen LogP contribution in [0.3, 0.4) is 0 Å². The number of amides is 3. The second-order valence-electron chi connectivity index (χ2n) is 6.95. The van der Waals surface area contributed by atoms with Crippen molar-refractivity contribution < 1.29 is 23.2 Å². The Morgan fingerprint density at radius 1 is 1.18 bits per heavy atom. The first-order valence-electron chi connectivity index (χ1n) is 7.80. The second kappa shape index (κ2) is 5.05. The van der Waals surface area contributed by atoms with Crippen LogP contribution >= 0.6 is 7.60 Å². The van der Waals surface area contributed by atoms with Crippen molar-refractivity contribution in [3.63, 3.8) is 0 Å². The van der Waals surface area contributed by atoms with Crippen LogP contribution in [0.2, 0.25) is 0 Å². The van der Waals surface area contributed by atoms with Crippen molar-refractivity contribution in [2.75, 3.05) is 0 Å². The third-order valence-electron chi connectivity index (χ3n) is 4.62. The first-order chi connectivity index (χ1) is 10.2. The highest BCUT2D eigenvalue weighted by Crippen LogP contribution is 2.75. The Labute approximate surface area is 130 Å². The van der Waals surface area contributed by atoms with Gasteiger partial charge in [-0.2, -0.15) is 0 Å². The molecule has 4 atom stereocenters. The Morgan fingerprint density at radius 3 is 2.23 bits per heavy atom. The molecule has 1 aliphatic heterocycles. The number of hydrogen-bond acceptors (Lipinski definition) is 5. The van der Waals surface area contributed by atoms with Crippen molar-refractivity contribution in [3.05, 3.63) is 0 Å². The highest BCUT2D eigenvalue weighted by atomic mass is 31.2. The molecule has 3 fully saturated rings. The normalized spacial score (nSPS) is 36.9. The SMILES string of the molecule is CC(C)OP(=O)(OC(C)C)[C@H]1[C@H]2CC[C@]3(NC(=O)NC3=O)[C@H]21. The first kappa shape index (κ1) is 16.0. The Hall–Kier alpha value is -0.910. The number of fused-ring (bicyclic) bond motifs is 2. The van der Waals surface area contributed by atoms with E-state index in [1.165, 1.54) is 0 Å². The summed E-state index contributed by atoms with van der Waals surface area (Å²) in [6, 6.07) is -0.472. The molecule has 124 valence electrons. The predicted molar refractivity (Wildman–Crippen MR) is 79.5 cm³/mol. The van der Waals surface area contributed by atoms with Crippen LogP contribution in [-0.4, -0.2) is 35.3 Å². The molecule has 3 rings (SSSR count). The Bertz CT molecular complexity index is 549. The molecule has 1 saturated heterocycles. The Kier molecular flexibility index (Phi) is 3.66. The molecule has 0 aromatic rings. The molecular formula is C14H23N2O5P. The average Bonchev–Trinajstić information content (AvgIpc) is 2.89. The summed E-state index contributed by atoms with van der Waals surface area (Å²) in [5.41, 5.74) is -1.24. The second-order valence-corrected chi connectivity index (χ2v) is 9.04. The summed E-state index contributed by atoms with van der Waals surface area (Å²) in [4.78, 5) is 23.7. The third kappa shape index (κ3) is 2.30. The standard InChI is InChI=1S/C14H23N2O5P/c1-7(2)20-22(19,21-8(3)4)11-9-5-6-14(10(9)11)12(17)15-13(18)16-14/h7-11H,5-6H2,1-4H3,(H2,15,16,17,18)/t9-,10+,11-,14-/m0/s1. The van der Waals surface area contributed by atoms with Crippen LogP contribution < -0.4 is 10.6 Å². The van der Waals surface area contributed by atoms with Crippen molar-refractivity contribution in [2.24, 2.45) is 11.8 Å². The smallest absolute Gasteiger partial charge is 0.323 e. The molecule has 1 heterocycles. The molecule has 0 aromatic heterocycles. The van der Waals surface area contributed by atoms with Crippen molar-refractivity contribution in [2.45, 2.75) is 63.9 Å². The lowest BCUT2D eigenvalue weighted by atomic mass is 9.93. The molecule has 3 aliphatic rings. The summed E-state index contributed by atoms with van der Waals surface area (Å²) < 4.78 is 24.6. The van der Waals surface area contributed by atoms with Gasteiger partial charge >= 0.3 is 13.6 Å². The number of carbonyl (C=O) groups excluding carboxylic acids is 2. The van der Waals surface area contributed by atoms with Gasteiger partial charge in [-0.3, -0.25) is 14.7 Å². The minimum atomic E-state index is -3.33. The maximum absolute atomic E-state index is 13.2. The van der Waals surface area contributed by atoms with E-state index >= 15 is 0 Å². The van der Waals surface area contributed by atoms with Gasteiger partial charge in [-0.25, -0.2) is 4.79 Å². The van der Waals surface area contributed by atoms with Gasteiger partial charge in [0.2, 0.25) is 0 Å². The Balaban J connectivity index is 1.86. The molecule has 0 unspecified atom stereocenters. The van der Waals surface area contributed by atoms with E-state index in [1.54, 1.807) is 0 Å². The van der Waals surface area contributed by atoms with E-state index in [1.807, 2.05) is 27.7 Å². The number of urea groups is 1. The molecule has 0 radical (unpaired) electrons. The van der Waals surface area contributed by atoms with Crippen molar-refractivity contribution in [1.29, 1.82) is 0 Å². The fourth-order valence-electron chi connectivity index (χ4n) is 4.02. The molecule has 7 nitrogen and oxygen atoms in total. The van der Waals surface area contributed by atoms with E-state index in [0.717, 1.165) is 6.42 Å².